The summed E-state index contributed by atoms with van der Waals surface area (Å²) in [6, 6.07) is 25.9. The normalized spacial score (nSPS) is 12.5. The first-order valence-electron chi connectivity index (χ1n) is 17.4. The summed E-state index contributed by atoms with van der Waals surface area (Å²) >= 11 is 0. The number of nitrogens with zero attached hydrogens (tertiary/aromatic N) is 2. The van der Waals surface area contributed by atoms with Gasteiger partial charge >= 0.3 is 0 Å². The molecule has 2 aliphatic rings. The van der Waals surface area contributed by atoms with Gasteiger partial charge in [0.1, 0.15) is 0 Å². The molecular weight excluding hydrogens is 548 g/mol. The van der Waals surface area contributed by atoms with Gasteiger partial charge in [-0.3, -0.25) is 0 Å². The van der Waals surface area contributed by atoms with Crippen LogP contribution >= 0.6 is 0 Å². The molecule has 232 valence electrons. The van der Waals surface area contributed by atoms with Crippen molar-refractivity contribution >= 4 is 45.9 Å². The zero-order valence-corrected chi connectivity index (χ0v) is 27.0. The van der Waals surface area contributed by atoms with Crippen LogP contribution in [0.2, 0.25) is 0 Å². The monoisotopic (exact) mass is 596 g/mol. The molecule has 0 saturated carbocycles. The molecule has 2 N–H and O–H groups in total. The van der Waals surface area contributed by atoms with Crippen LogP contribution in [0.15, 0.2) is 72.8 Å². The van der Waals surface area contributed by atoms with E-state index in [0.29, 0.717) is 0 Å². The number of H-pyrrole nitrogens is 2. The third kappa shape index (κ3) is 8.94. The highest BCUT2D eigenvalue weighted by molar-refractivity contribution is 5.93. The Labute approximate surface area is 268 Å². The van der Waals surface area contributed by atoms with E-state index in [1.54, 1.807) is 0 Å². The van der Waals surface area contributed by atoms with Gasteiger partial charge in [-0.05, 0) is 90.7 Å². The Kier molecular flexibility index (Phi) is 10.8. The van der Waals surface area contributed by atoms with Gasteiger partial charge in [-0.25, -0.2) is 9.97 Å². The molecule has 0 fully saturated rings. The van der Waals surface area contributed by atoms with Crippen LogP contribution in [-0.2, 0) is 6.42 Å². The Morgan fingerprint density at radius 2 is 1.00 bits per heavy atom. The summed E-state index contributed by atoms with van der Waals surface area (Å²) in [6.45, 7) is 2.29. The molecule has 0 atom stereocenters. The molecule has 45 heavy (non-hydrogen) atoms. The number of aromatic amines is 2. The summed E-state index contributed by atoms with van der Waals surface area (Å²) in [5.41, 5.74) is 11.6. The molecule has 0 amide bonds. The highest BCUT2D eigenvalue weighted by Crippen LogP contribution is 2.30. The van der Waals surface area contributed by atoms with Crippen LogP contribution in [0.4, 0.5) is 0 Å². The fourth-order valence-electron chi connectivity index (χ4n) is 6.44. The van der Waals surface area contributed by atoms with E-state index < -0.39 is 0 Å². The largest absolute Gasteiger partial charge is 0.355 e. The lowest BCUT2D eigenvalue weighted by molar-refractivity contribution is 0.539. The van der Waals surface area contributed by atoms with E-state index in [1.165, 1.54) is 94.6 Å². The Balaban J connectivity index is 1.08. The van der Waals surface area contributed by atoms with E-state index in [-0.39, 0.29) is 0 Å². The van der Waals surface area contributed by atoms with Gasteiger partial charge in [0.05, 0.1) is 22.8 Å². The molecule has 4 heteroatoms. The molecule has 0 unspecified atom stereocenters. The average Bonchev–Trinajstić information content (AvgIpc) is 3.86. The number of unbranched alkanes of at least 4 members (excludes halogenated alkanes) is 12. The predicted octanol–water partition coefficient (Wildman–Crippen LogP) is 11.7. The van der Waals surface area contributed by atoms with E-state index in [1.807, 2.05) is 0 Å². The lowest BCUT2D eigenvalue weighted by atomic mass is 9.99. The second-order valence-corrected chi connectivity index (χ2v) is 12.8. The van der Waals surface area contributed by atoms with Gasteiger partial charge in [0.25, 0.3) is 0 Å². The Morgan fingerprint density at radius 3 is 1.60 bits per heavy atom. The Bertz CT molecular complexity index is 1770. The lowest BCUT2D eigenvalue weighted by Crippen LogP contribution is -1.90. The minimum atomic E-state index is 0.916. The molecule has 4 nitrogen and oxygen atoms in total. The third-order valence-electron chi connectivity index (χ3n) is 9.00. The minimum absolute atomic E-state index is 0.916. The maximum Gasteiger partial charge on any atom is 0.0737 e. The second kappa shape index (κ2) is 15.7. The quantitative estimate of drug-likeness (QED) is 0.116. The molecule has 2 aliphatic heterocycles. The highest BCUT2D eigenvalue weighted by atomic mass is 14.8. The van der Waals surface area contributed by atoms with Crippen molar-refractivity contribution in [2.24, 2.45) is 0 Å². The molecule has 0 aliphatic carbocycles. The van der Waals surface area contributed by atoms with Crippen molar-refractivity contribution in [2.75, 3.05) is 0 Å². The molecule has 0 saturated heterocycles. The molecule has 3 aromatic heterocycles. The summed E-state index contributed by atoms with van der Waals surface area (Å²) in [4.78, 5) is 16.9. The van der Waals surface area contributed by atoms with Crippen LogP contribution in [0, 0.1) is 0 Å². The number of hydrogen-bond acceptors (Lipinski definition) is 2. The van der Waals surface area contributed by atoms with E-state index in [2.05, 4.69) is 108 Å². The topological polar surface area (TPSA) is 57.4 Å². The van der Waals surface area contributed by atoms with Crippen molar-refractivity contribution in [3.63, 3.8) is 0 Å². The Morgan fingerprint density at radius 1 is 0.489 bits per heavy atom. The second-order valence-electron chi connectivity index (χ2n) is 12.8. The van der Waals surface area contributed by atoms with Gasteiger partial charge < -0.3 is 9.97 Å². The Hall–Kier alpha value is -4.18. The molecule has 0 radical (unpaired) electrons. The summed E-state index contributed by atoms with van der Waals surface area (Å²) in [5.74, 6) is 0. The van der Waals surface area contributed by atoms with Crippen LogP contribution in [0.5, 0.6) is 0 Å². The van der Waals surface area contributed by atoms with E-state index >= 15 is 0 Å². The van der Waals surface area contributed by atoms with Crippen LogP contribution in [0.1, 0.15) is 124 Å². The van der Waals surface area contributed by atoms with E-state index in [4.69, 9.17) is 9.97 Å². The number of hydrogen-bond donors (Lipinski definition) is 2. The number of benzene rings is 1. The van der Waals surface area contributed by atoms with Gasteiger partial charge in [-0.2, -0.15) is 0 Å². The molecule has 4 aromatic rings. The first-order chi connectivity index (χ1) is 22.2. The van der Waals surface area contributed by atoms with Crippen LogP contribution in [-0.4, -0.2) is 19.9 Å². The fourth-order valence-corrected chi connectivity index (χ4v) is 6.44. The molecule has 0 spiro atoms. The molecule has 8 bridgehead atoms. The fraction of sp³-hybridized carbons (Fsp3) is 0.366. The predicted molar refractivity (Wildman–Crippen MR) is 193 cm³/mol. The summed E-state index contributed by atoms with van der Waals surface area (Å²) in [7, 11) is 0. The highest BCUT2D eigenvalue weighted by Gasteiger charge is 2.14. The van der Waals surface area contributed by atoms with Gasteiger partial charge in [0, 0.05) is 27.6 Å². The summed E-state index contributed by atoms with van der Waals surface area (Å²) < 4.78 is 0. The van der Waals surface area contributed by atoms with Gasteiger partial charge in [0.15, 0.2) is 0 Å². The average molecular weight is 597 g/mol. The number of aryl methyl sites for hydroxylation is 1. The number of nitrogens with one attached hydrogen (secondary N) is 2. The van der Waals surface area contributed by atoms with Crippen LogP contribution in [0.3, 0.4) is 0 Å². The molecule has 6 rings (SSSR count). The standard InChI is InChI=1S/C41H48N4/c1-2-3-4-5-6-7-8-9-10-11-12-13-14-15-31-16-18-32(19-17-31)40-29-39-28-37-23-22-35(43-37)26-33-20-21-34(42-33)27-36-24-25-38(44-36)30-41(40)45-39/h16-30,42-43H,2-15H2,1H3. The van der Waals surface area contributed by atoms with Crippen LogP contribution in [0.25, 0.3) is 45.9 Å². The van der Waals surface area contributed by atoms with Crippen molar-refractivity contribution in [3.05, 3.63) is 107 Å². The lowest BCUT2D eigenvalue weighted by Gasteiger charge is -2.06. The number of aromatic nitrogens is 4. The summed E-state index contributed by atoms with van der Waals surface area (Å²) in [5, 5.41) is 0. The van der Waals surface area contributed by atoms with Crippen LogP contribution < -0.4 is 0 Å². The first-order valence-corrected chi connectivity index (χ1v) is 17.4. The zero-order chi connectivity index (χ0) is 30.7. The van der Waals surface area contributed by atoms with Crippen molar-refractivity contribution in [1.82, 2.24) is 19.9 Å². The molecule has 5 heterocycles. The third-order valence-corrected chi connectivity index (χ3v) is 9.00. The first kappa shape index (κ1) is 30.8. The van der Waals surface area contributed by atoms with E-state index in [9.17, 15) is 0 Å². The SMILES string of the molecule is CCCCCCCCCCCCCCCc1ccc(C2=Cc3cc4ccc(cc5ccc(cc6nc(cc2n3)C=C6)[nH]5)[nH]4)cc1. The van der Waals surface area contributed by atoms with E-state index in [0.717, 1.165) is 56.8 Å². The maximum atomic E-state index is 5.04. The zero-order valence-electron chi connectivity index (χ0n) is 27.0. The van der Waals surface area contributed by atoms with Gasteiger partial charge in [-0.1, -0.05) is 108 Å². The maximum absolute atomic E-state index is 5.04. The van der Waals surface area contributed by atoms with Crippen molar-refractivity contribution < 1.29 is 0 Å². The minimum Gasteiger partial charge on any atom is -0.355 e. The van der Waals surface area contributed by atoms with Crippen molar-refractivity contribution in [3.8, 4) is 0 Å². The smallest absolute Gasteiger partial charge is 0.0737 e. The molecular formula is C41H48N4. The van der Waals surface area contributed by atoms with Gasteiger partial charge in [0.2, 0.25) is 0 Å². The van der Waals surface area contributed by atoms with Crippen molar-refractivity contribution in [2.45, 2.75) is 96.8 Å². The number of rotatable bonds is 15. The van der Waals surface area contributed by atoms with Gasteiger partial charge in [-0.15, -0.1) is 0 Å². The summed E-state index contributed by atoms with van der Waals surface area (Å²) in [6.07, 6.45) is 25.6. The van der Waals surface area contributed by atoms with Crippen molar-refractivity contribution in [1.29, 1.82) is 0 Å². The molecule has 1 aromatic carbocycles. The number of fused-ring (bicyclic) bond motifs is 8.